The lowest BCUT2D eigenvalue weighted by Crippen LogP contribution is -2.32. The number of carbonyl (C=O) groups is 2. The van der Waals surface area contributed by atoms with Gasteiger partial charge >= 0.3 is 0 Å². The maximum absolute atomic E-state index is 12.9. The summed E-state index contributed by atoms with van der Waals surface area (Å²) in [5, 5.41) is 2.82. The van der Waals surface area contributed by atoms with Crippen LogP contribution in [0.1, 0.15) is 12.0 Å². The van der Waals surface area contributed by atoms with Crippen molar-refractivity contribution >= 4 is 17.5 Å². The maximum Gasteiger partial charge on any atom is 0.227 e. The van der Waals surface area contributed by atoms with Gasteiger partial charge in [-0.1, -0.05) is 12.1 Å². The molecule has 27 heavy (non-hydrogen) atoms. The standard InChI is InChI=1S/C20H19FN2O4/c21-15-3-1-13(2-4-15)11-22-20(25)14-9-19(24)23(12-14)16-5-6-17-18(10-16)27-8-7-26-17/h1-6,10,14H,7-9,11-12H2,(H,22,25). The molecular weight excluding hydrogens is 351 g/mol. The molecule has 6 nitrogen and oxygen atoms in total. The van der Waals surface area contributed by atoms with Crippen LogP contribution in [0.4, 0.5) is 10.1 Å². The van der Waals surface area contributed by atoms with Gasteiger partial charge in [-0.3, -0.25) is 9.59 Å². The third-order valence-corrected chi connectivity index (χ3v) is 4.71. The van der Waals surface area contributed by atoms with E-state index in [0.29, 0.717) is 43.5 Å². The highest BCUT2D eigenvalue weighted by atomic mass is 19.1. The number of hydrogen-bond donors (Lipinski definition) is 1. The van der Waals surface area contributed by atoms with Crippen LogP contribution in [0.25, 0.3) is 0 Å². The minimum Gasteiger partial charge on any atom is -0.486 e. The summed E-state index contributed by atoms with van der Waals surface area (Å²) in [4.78, 5) is 26.4. The molecule has 2 amide bonds. The van der Waals surface area contributed by atoms with Crippen molar-refractivity contribution in [2.75, 3.05) is 24.7 Å². The number of amides is 2. The van der Waals surface area contributed by atoms with E-state index in [0.717, 1.165) is 5.56 Å². The van der Waals surface area contributed by atoms with Gasteiger partial charge in [0.15, 0.2) is 11.5 Å². The van der Waals surface area contributed by atoms with Crippen molar-refractivity contribution < 1.29 is 23.5 Å². The van der Waals surface area contributed by atoms with Gasteiger partial charge in [-0.2, -0.15) is 0 Å². The second kappa shape index (κ2) is 7.26. The fraction of sp³-hybridized carbons (Fsp3) is 0.300. The molecule has 0 aromatic heterocycles. The molecule has 0 spiro atoms. The Hall–Kier alpha value is -3.09. The number of halogens is 1. The molecule has 0 saturated carbocycles. The molecule has 4 rings (SSSR count). The lowest BCUT2D eigenvalue weighted by molar-refractivity contribution is -0.126. The van der Waals surface area contributed by atoms with Crippen molar-refractivity contribution in [2.24, 2.45) is 5.92 Å². The molecule has 7 heteroatoms. The second-order valence-corrected chi connectivity index (χ2v) is 6.58. The summed E-state index contributed by atoms with van der Waals surface area (Å²) < 4.78 is 24.0. The summed E-state index contributed by atoms with van der Waals surface area (Å²) in [7, 11) is 0. The van der Waals surface area contributed by atoms with E-state index in [-0.39, 0.29) is 24.1 Å². The van der Waals surface area contributed by atoms with Gasteiger partial charge < -0.3 is 19.7 Å². The maximum atomic E-state index is 12.9. The Labute approximate surface area is 155 Å². The largest absolute Gasteiger partial charge is 0.486 e. The normalized spacial score (nSPS) is 18.5. The fourth-order valence-corrected chi connectivity index (χ4v) is 3.27. The van der Waals surface area contributed by atoms with Gasteiger partial charge in [0.05, 0.1) is 5.92 Å². The van der Waals surface area contributed by atoms with E-state index in [1.165, 1.54) is 12.1 Å². The number of hydrogen-bond acceptors (Lipinski definition) is 4. The van der Waals surface area contributed by atoms with Crippen LogP contribution in [0.15, 0.2) is 42.5 Å². The van der Waals surface area contributed by atoms with Crippen LogP contribution in [-0.2, 0) is 16.1 Å². The van der Waals surface area contributed by atoms with Crippen LogP contribution in [0.3, 0.4) is 0 Å². The highest BCUT2D eigenvalue weighted by molar-refractivity contribution is 6.00. The molecular formula is C20H19FN2O4. The third kappa shape index (κ3) is 3.72. The molecule has 1 N–H and O–H groups in total. The van der Waals surface area contributed by atoms with E-state index in [1.807, 2.05) is 0 Å². The van der Waals surface area contributed by atoms with Gasteiger partial charge in [-0.15, -0.1) is 0 Å². The molecule has 0 bridgehead atoms. The van der Waals surface area contributed by atoms with Gasteiger partial charge in [-0.25, -0.2) is 4.39 Å². The zero-order valence-corrected chi connectivity index (χ0v) is 14.6. The molecule has 1 atom stereocenters. The predicted octanol–water partition coefficient (Wildman–Crippen LogP) is 2.27. The van der Waals surface area contributed by atoms with Crippen LogP contribution in [-0.4, -0.2) is 31.6 Å². The van der Waals surface area contributed by atoms with Crippen LogP contribution >= 0.6 is 0 Å². The number of carbonyl (C=O) groups excluding carboxylic acids is 2. The molecule has 1 fully saturated rings. The summed E-state index contributed by atoms with van der Waals surface area (Å²) in [6.45, 7) is 1.59. The Morgan fingerprint density at radius 1 is 1.11 bits per heavy atom. The average molecular weight is 370 g/mol. The molecule has 2 aliphatic heterocycles. The first-order valence-corrected chi connectivity index (χ1v) is 8.82. The Bertz CT molecular complexity index is 869. The Morgan fingerprint density at radius 3 is 2.63 bits per heavy atom. The summed E-state index contributed by atoms with van der Waals surface area (Å²) in [5.74, 6) is 0.231. The van der Waals surface area contributed by atoms with Crippen molar-refractivity contribution in [3.05, 3.63) is 53.8 Å². The molecule has 2 aromatic carbocycles. The first kappa shape index (κ1) is 17.3. The van der Waals surface area contributed by atoms with E-state index in [1.54, 1.807) is 35.2 Å². The molecule has 0 aliphatic carbocycles. The van der Waals surface area contributed by atoms with E-state index >= 15 is 0 Å². The zero-order valence-electron chi connectivity index (χ0n) is 14.6. The molecule has 1 unspecified atom stereocenters. The second-order valence-electron chi connectivity index (χ2n) is 6.58. The molecule has 140 valence electrons. The van der Waals surface area contributed by atoms with Crippen molar-refractivity contribution in [3.63, 3.8) is 0 Å². The third-order valence-electron chi connectivity index (χ3n) is 4.71. The van der Waals surface area contributed by atoms with Crippen molar-refractivity contribution in [3.8, 4) is 11.5 Å². The Kier molecular flexibility index (Phi) is 4.66. The van der Waals surface area contributed by atoms with E-state index < -0.39 is 5.92 Å². The number of nitrogens with one attached hydrogen (secondary N) is 1. The number of fused-ring (bicyclic) bond motifs is 1. The molecule has 0 radical (unpaired) electrons. The minimum absolute atomic E-state index is 0.103. The average Bonchev–Trinajstić information content (AvgIpc) is 3.09. The Morgan fingerprint density at radius 2 is 1.85 bits per heavy atom. The van der Waals surface area contributed by atoms with Crippen LogP contribution in [0.5, 0.6) is 11.5 Å². The zero-order chi connectivity index (χ0) is 18.8. The molecule has 2 aromatic rings. The number of benzene rings is 2. The summed E-state index contributed by atoms with van der Waals surface area (Å²) in [6.07, 6.45) is 0.156. The minimum atomic E-state index is -0.425. The predicted molar refractivity (Wildman–Crippen MR) is 96.1 cm³/mol. The van der Waals surface area contributed by atoms with Gasteiger partial charge in [0.2, 0.25) is 11.8 Å². The quantitative estimate of drug-likeness (QED) is 0.897. The number of anilines is 1. The molecule has 1 saturated heterocycles. The van der Waals surface area contributed by atoms with Gasteiger partial charge in [0, 0.05) is 31.3 Å². The fourth-order valence-electron chi connectivity index (χ4n) is 3.27. The Balaban J connectivity index is 1.39. The highest BCUT2D eigenvalue weighted by Crippen LogP contribution is 2.35. The van der Waals surface area contributed by atoms with Crippen LogP contribution < -0.4 is 19.7 Å². The number of nitrogens with zero attached hydrogens (tertiary/aromatic N) is 1. The van der Waals surface area contributed by atoms with E-state index in [4.69, 9.17) is 9.47 Å². The van der Waals surface area contributed by atoms with E-state index in [9.17, 15) is 14.0 Å². The monoisotopic (exact) mass is 370 g/mol. The van der Waals surface area contributed by atoms with Gasteiger partial charge in [0.1, 0.15) is 19.0 Å². The number of ether oxygens (including phenoxy) is 2. The summed E-state index contributed by atoms with van der Waals surface area (Å²) in [6, 6.07) is 11.3. The topological polar surface area (TPSA) is 67.9 Å². The van der Waals surface area contributed by atoms with Crippen molar-refractivity contribution in [1.82, 2.24) is 5.32 Å². The first-order valence-electron chi connectivity index (χ1n) is 8.82. The first-order chi connectivity index (χ1) is 13.1. The van der Waals surface area contributed by atoms with E-state index in [2.05, 4.69) is 5.32 Å². The highest BCUT2D eigenvalue weighted by Gasteiger charge is 2.35. The molecule has 2 heterocycles. The van der Waals surface area contributed by atoms with Gasteiger partial charge in [-0.05, 0) is 29.8 Å². The summed E-state index contributed by atoms with van der Waals surface area (Å²) >= 11 is 0. The summed E-state index contributed by atoms with van der Waals surface area (Å²) in [5.41, 5.74) is 1.50. The van der Waals surface area contributed by atoms with Crippen LogP contribution in [0.2, 0.25) is 0 Å². The van der Waals surface area contributed by atoms with Crippen molar-refractivity contribution in [1.29, 1.82) is 0 Å². The lowest BCUT2D eigenvalue weighted by atomic mass is 10.1. The lowest BCUT2D eigenvalue weighted by Gasteiger charge is -2.22. The van der Waals surface area contributed by atoms with Crippen LogP contribution in [0, 0.1) is 11.7 Å². The van der Waals surface area contributed by atoms with Crippen molar-refractivity contribution in [2.45, 2.75) is 13.0 Å². The number of rotatable bonds is 4. The SMILES string of the molecule is O=C(NCc1ccc(F)cc1)C1CC(=O)N(c2ccc3c(c2)OCCO3)C1. The van der Waals surface area contributed by atoms with Gasteiger partial charge in [0.25, 0.3) is 0 Å². The smallest absolute Gasteiger partial charge is 0.227 e. The molecule has 2 aliphatic rings.